The van der Waals surface area contributed by atoms with Crippen molar-refractivity contribution in [3.63, 3.8) is 0 Å². The molecule has 34 heavy (non-hydrogen) atoms. The number of fused-ring (bicyclic) bond motifs is 1. The molecule has 0 atom stereocenters. The quantitative estimate of drug-likeness (QED) is 0.235. The molecule has 0 fully saturated rings. The van der Waals surface area contributed by atoms with E-state index in [1.54, 1.807) is 36.9 Å². The molecule has 0 aliphatic heterocycles. The Morgan fingerprint density at radius 3 is 2.65 bits per heavy atom. The average molecular weight is 447 g/mol. The number of benzene rings is 2. The third-order valence-corrected chi connectivity index (χ3v) is 5.25. The van der Waals surface area contributed by atoms with Crippen LogP contribution >= 0.6 is 0 Å². The second-order valence-electron chi connectivity index (χ2n) is 7.57. The number of rotatable bonds is 7. The molecular formula is C26H22N8. The number of anilines is 1. The standard InChI is InChI=1S/C26H22N8/c1-27-12-9-25(33-22-7-5-19(6-8-22)21-16-31-32-17-21)30-15-18-3-4-20-14-24(34-23(20)13-18)26-28-10-2-11-29-26/h2-14,16-17,34H,1,15H2,(H,30,33)(H,31,32)/b12-9-. The summed E-state index contributed by atoms with van der Waals surface area (Å²) in [6, 6.07) is 18.2. The van der Waals surface area contributed by atoms with Gasteiger partial charge in [0.05, 0.1) is 18.4 Å². The highest BCUT2D eigenvalue weighted by atomic mass is 15.1. The number of H-pyrrole nitrogens is 2. The molecule has 166 valence electrons. The molecule has 3 aromatic heterocycles. The molecule has 8 heteroatoms. The number of nitrogens with zero attached hydrogens (tertiary/aromatic N) is 5. The first-order chi connectivity index (χ1) is 16.8. The summed E-state index contributed by atoms with van der Waals surface area (Å²) in [5.74, 6) is 1.36. The van der Waals surface area contributed by atoms with Gasteiger partial charge in [0.1, 0.15) is 5.84 Å². The van der Waals surface area contributed by atoms with E-state index in [2.05, 4.69) is 66.4 Å². The van der Waals surface area contributed by atoms with Gasteiger partial charge in [0.15, 0.2) is 5.82 Å². The Labute approximate surface area is 196 Å². The summed E-state index contributed by atoms with van der Waals surface area (Å²) in [7, 11) is 0. The van der Waals surface area contributed by atoms with Crippen molar-refractivity contribution in [2.45, 2.75) is 6.54 Å². The van der Waals surface area contributed by atoms with Crippen LogP contribution < -0.4 is 5.32 Å². The zero-order valence-corrected chi connectivity index (χ0v) is 18.3. The van der Waals surface area contributed by atoms with Gasteiger partial charge in [-0.05, 0) is 54.3 Å². The Morgan fingerprint density at radius 2 is 1.88 bits per heavy atom. The van der Waals surface area contributed by atoms with Crippen molar-refractivity contribution in [2.75, 3.05) is 5.32 Å². The van der Waals surface area contributed by atoms with Gasteiger partial charge in [-0.15, -0.1) is 0 Å². The number of aliphatic imine (C=N–C) groups is 2. The SMILES string of the molecule is C=N/C=C\C(=N/Cc1ccc2cc(-c3ncccn3)[nH]c2c1)Nc1ccc(-c2cn[nH]c2)cc1. The first-order valence-electron chi connectivity index (χ1n) is 10.7. The van der Waals surface area contributed by atoms with Crippen molar-refractivity contribution in [1.82, 2.24) is 25.1 Å². The van der Waals surface area contributed by atoms with E-state index in [9.17, 15) is 0 Å². The smallest absolute Gasteiger partial charge is 0.175 e. The van der Waals surface area contributed by atoms with Crippen LogP contribution in [0, 0.1) is 0 Å². The van der Waals surface area contributed by atoms with E-state index in [1.807, 2.05) is 30.5 Å². The molecule has 3 heterocycles. The summed E-state index contributed by atoms with van der Waals surface area (Å²) in [6.07, 6.45) is 10.6. The highest BCUT2D eigenvalue weighted by Gasteiger charge is 2.06. The van der Waals surface area contributed by atoms with Crippen molar-refractivity contribution in [1.29, 1.82) is 0 Å². The maximum atomic E-state index is 4.75. The minimum atomic E-state index is 0.503. The normalized spacial score (nSPS) is 11.8. The molecule has 3 N–H and O–H groups in total. The number of hydrogen-bond donors (Lipinski definition) is 3. The van der Waals surface area contributed by atoms with E-state index in [4.69, 9.17) is 4.99 Å². The van der Waals surface area contributed by atoms with E-state index in [-0.39, 0.29) is 0 Å². The third-order valence-electron chi connectivity index (χ3n) is 5.25. The monoisotopic (exact) mass is 446 g/mol. The zero-order valence-electron chi connectivity index (χ0n) is 18.3. The van der Waals surface area contributed by atoms with Gasteiger partial charge in [-0.3, -0.25) is 15.1 Å². The Kier molecular flexibility index (Phi) is 6.02. The summed E-state index contributed by atoms with van der Waals surface area (Å²) in [5.41, 5.74) is 6.02. The molecular weight excluding hydrogens is 424 g/mol. The maximum Gasteiger partial charge on any atom is 0.175 e. The lowest BCUT2D eigenvalue weighted by Crippen LogP contribution is -2.09. The van der Waals surface area contributed by atoms with Crippen molar-refractivity contribution in [3.8, 4) is 22.6 Å². The second kappa shape index (κ2) is 9.74. The molecule has 0 saturated carbocycles. The lowest BCUT2D eigenvalue weighted by atomic mass is 10.1. The minimum Gasteiger partial charge on any atom is -0.352 e. The lowest BCUT2D eigenvalue weighted by Gasteiger charge is -2.08. The largest absolute Gasteiger partial charge is 0.352 e. The zero-order chi connectivity index (χ0) is 23.2. The Bertz CT molecular complexity index is 1450. The van der Waals surface area contributed by atoms with Crippen LogP contribution in [0.5, 0.6) is 0 Å². The van der Waals surface area contributed by atoms with E-state index in [0.29, 0.717) is 18.2 Å². The van der Waals surface area contributed by atoms with Crippen molar-refractivity contribution in [2.24, 2.45) is 9.98 Å². The second-order valence-corrected chi connectivity index (χ2v) is 7.57. The molecule has 0 aliphatic rings. The molecule has 0 saturated heterocycles. The van der Waals surface area contributed by atoms with Gasteiger partial charge in [-0.25, -0.2) is 9.97 Å². The molecule has 8 nitrogen and oxygen atoms in total. The van der Waals surface area contributed by atoms with Crippen LogP contribution in [0.25, 0.3) is 33.5 Å². The van der Waals surface area contributed by atoms with Crippen LogP contribution in [0.1, 0.15) is 5.56 Å². The maximum absolute atomic E-state index is 4.75. The molecule has 0 unspecified atom stereocenters. The van der Waals surface area contributed by atoms with Crippen molar-refractivity contribution >= 4 is 29.1 Å². The average Bonchev–Trinajstić information content (AvgIpc) is 3.57. The van der Waals surface area contributed by atoms with Crippen LogP contribution in [0.2, 0.25) is 0 Å². The third kappa shape index (κ3) is 4.81. The fraction of sp³-hybridized carbons (Fsp3) is 0.0385. The minimum absolute atomic E-state index is 0.503. The molecule has 0 radical (unpaired) electrons. The summed E-state index contributed by atoms with van der Waals surface area (Å²) in [4.78, 5) is 20.6. The molecule has 2 aromatic carbocycles. The van der Waals surface area contributed by atoms with Crippen molar-refractivity contribution < 1.29 is 0 Å². The number of hydrogen-bond acceptors (Lipinski definition) is 5. The van der Waals surface area contributed by atoms with Crippen LogP contribution in [-0.2, 0) is 6.54 Å². The van der Waals surface area contributed by atoms with E-state index < -0.39 is 0 Å². The van der Waals surface area contributed by atoms with Crippen molar-refractivity contribution in [3.05, 3.63) is 97.2 Å². The van der Waals surface area contributed by atoms with Gasteiger partial charge >= 0.3 is 0 Å². The van der Waals surface area contributed by atoms with Gasteiger partial charge in [0.25, 0.3) is 0 Å². The van der Waals surface area contributed by atoms with Crippen LogP contribution in [0.15, 0.2) is 102 Å². The molecule has 0 bridgehead atoms. The summed E-state index contributed by atoms with van der Waals surface area (Å²) in [5, 5.41) is 11.3. The molecule has 5 rings (SSSR count). The number of aromatic amines is 2. The van der Waals surface area contributed by atoms with Crippen LogP contribution in [-0.4, -0.2) is 37.7 Å². The fourth-order valence-corrected chi connectivity index (χ4v) is 3.57. The van der Waals surface area contributed by atoms with E-state index in [1.165, 1.54) is 0 Å². The molecule has 0 aliphatic carbocycles. The van der Waals surface area contributed by atoms with Crippen LogP contribution in [0.3, 0.4) is 0 Å². The van der Waals surface area contributed by atoms with Gasteiger partial charge in [-0.2, -0.15) is 5.10 Å². The molecule has 5 aromatic rings. The first-order valence-corrected chi connectivity index (χ1v) is 10.7. The topological polar surface area (TPSA) is 107 Å². The lowest BCUT2D eigenvalue weighted by molar-refractivity contribution is 1.07. The Morgan fingerprint density at radius 1 is 1.03 bits per heavy atom. The Hall–Kier alpha value is -4.85. The molecule has 0 amide bonds. The van der Waals surface area contributed by atoms with E-state index >= 15 is 0 Å². The summed E-state index contributed by atoms with van der Waals surface area (Å²) < 4.78 is 0. The number of nitrogens with one attached hydrogen (secondary N) is 3. The van der Waals surface area contributed by atoms with E-state index in [0.717, 1.165) is 39.0 Å². The van der Waals surface area contributed by atoms with Gasteiger partial charge in [0.2, 0.25) is 0 Å². The number of amidine groups is 1. The highest BCUT2D eigenvalue weighted by Crippen LogP contribution is 2.23. The predicted molar refractivity (Wildman–Crippen MR) is 137 cm³/mol. The number of aromatic nitrogens is 5. The van der Waals surface area contributed by atoms with Gasteiger partial charge in [0, 0.05) is 46.9 Å². The first kappa shape index (κ1) is 21.0. The van der Waals surface area contributed by atoms with Gasteiger partial charge < -0.3 is 10.3 Å². The fourth-order valence-electron chi connectivity index (χ4n) is 3.57. The molecule has 0 spiro atoms. The van der Waals surface area contributed by atoms with Crippen LogP contribution in [0.4, 0.5) is 5.69 Å². The Balaban J connectivity index is 1.34. The summed E-state index contributed by atoms with van der Waals surface area (Å²) in [6.45, 7) is 4.02. The van der Waals surface area contributed by atoms with Gasteiger partial charge in [-0.1, -0.05) is 24.3 Å². The predicted octanol–water partition coefficient (Wildman–Crippen LogP) is 5.24. The highest BCUT2D eigenvalue weighted by molar-refractivity contribution is 6.03. The summed E-state index contributed by atoms with van der Waals surface area (Å²) >= 11 is 0.